The Labute approximate surface area is 162 Å². The Kier molecular flexibility index (Phi) is 4.72. The average molecular weight is 454 g/mol. The van der Waals surface area contributed by atoms with Gasteiger partial charge in [-0.3, -0.25) is 10.0 Å². The van der Waals surface area contributed by atoms with Crippen LogP contribution in [0.25, 0.3) is 0 Å². The second-order valence-electron chi connectivity index (χ2n) is 7.96. The number of halogens is 2. The molecule has 1 aliphatic carbocycles. The molecule has 2 aliphatic heterocycles. The van der Waals surface area contributed by atoms with Crippen molar-refractivity contribution in [1.29, 1.82) is 0 Å². The van der Waals surface area contributed by atoms with Gasteiger partial charge in [-0.2, -0.15) is 0 Å². The van der Waals surface area contributed by atoms with Crippen LogP contribution >= 0.6 is 31.9 Å². The molecule has 0 radical (unpaired) electrons. The van der Waals surface area contributed by atoms with Crippen molar-refractivity contribution < 1.29 is 0 Å². The zero-order valence-electron chi connectivity index (χ0n) is 14.4. The molecule has 24 heavy (non-hydrogen) atoms. The van der Waals surface area contributed by atoms with E-state index in [9.17, 15) is 0 Å². The summed E-state index contributed by atoms with van der Waals surface area (Å²) in [6.07, 6.45) is 14.0. The lowest BCUT2D eigenvalue weighted by molar-refractivity contribution is 0.118. The van der Waals surface area contributed by atoms with Crippen LogP contribution < -0.4 is 5.01 Å². The number of benzene rings is 1. The number of hydrogen-bond acceptors (Lipinski definition) is 2. The predicted molar refractivity (Wildman–Crippen MR) is 108 cm³/mol. The third kappa shape index (κ3) is 3.05. The normalized spacial score (nSPS) is 27.6. The van der Waals surface area contributed by atoms with E-state index in [4.69, 9.17) is 0 Å². The summed E-state index contributed by atoms with van der Waals surface area (Å²) in [4.78, 5) is 0. The van der Waals surface area contributed by atoms with Crippen LogP contribution in [0.2, 0.25) is 0 Å². The molecule has 0 spiro atoms. The summed E-state index contributed by atoms with van der Waals surface area (Å²) in [6.45, 7) is 4.77. The first-order chi connectivity index (χ1) is 11.6. The second-order valence-corrected chi connectivity index (χ2v) is 9.73. The first-order valence-corrected chi connectivity index (χ1v) is 10.8. The molecule has 1 unspecified atom stereocenters. The zero-order valence-corrected chi connectivity index (χ0v) is 17.6. The summed E-state index contributed by atoms with van der Waals surface area (Å²) in [5, 5.41) is 4.98. The van der Waals surface area contributed by atoms with Crippen molar-refractivity contribution in [2.45, 2.75) is 51.9 Å². The van der Waals surface area contributed by atoms with E-state index in [1.807, 2.05) is 0 Å². The van der Waals surface area contributed by atoms with Gasteiger partial charge < -0.3 is 0 Å². The van der Waals surface area contributed by atoms with Crippen molar-refractivity contribution >= 4 is 37.5 Å². The van der Waals surface area contributed by atoms with Gasteiger partial charge in [0.05, 0.1) is 5.69 Å². The standard InChI is InChI=1S/C20H26Br2N2/c1-20(16-7-3-2-4-8-16)13-15-11-17(21)12-18(22)19(15)24(14-20)23-9-5-6-10-23/h5,9,11-12,16H,2-4,6-8,10,13-14H2,1H3. The average Bonchev–Trinajstić information content (AvgIpc) is 3.08. The molecule has 0 aromatic heterocycles. The highest BCUT2D eigenvalue weighted by atomic mass is 79.9. The van der Waals surface area contributed by atoms with Gasteiger partial charge in [-0.15, -0.1) is 0 Å². The molecule has 3 aliphatic rings. The molecule has 4 rings (SSSR count). The molecule has 0 saturated heterocycles. The fraction of sp³-hybridized carbons (Fsp3) is 0.600. The van der Waals surface area contributed by atoms with Gasteiger partial charge >= 0.3 is 0 Å². The number of nitrogens with zero attached hydrogens (tertiary/aromatic N) is 2. The van der Waals surface area contributed by atoms with Gasteiger partial charge in [0.15, 0.2) is 0 Å². The summed E-state index contributed by atoms with van der Waals surface area (Å²) in [6, 6.07) is 4.53. The largest absolute Gasteiger partial charge is 0.293 e. The minimum absolute atomic E-state index is 0.365. The maximum absolute atomic E-state index is 3.83. The number of anilines is 1. The molecule has 1 saturated carbocycles. The lowest BCUT2D eigenvalue weighted by Crippen LogP contribution is -2.52. The summed E-state index contributed by atoms with van der Waals surface area (Å²) in [7, 11) is 0. The molecule has 0 bridgehead atoms. The first-order valence-electron chi connectivity index (χ1n) is 9.25. The van der Waals surface area contributed by atoms with Crippen molar-refractivity contribution in [3.05, 3.63) is 38.9 Å². The Morgan fingerprint density at radius 3 is 2.62 bits per heavy atom. The maximum atomic E-state index is 3.83. The Bertz CT molecular complexity index is 651. The highest BCUT2D eigenvalue weighted by Gasteiger charge is 2.42. The van der Waals surface area contributed by atoms with Crippen molar-refractivity contribution in [1.82, 2.24) is 5.01 Å². The quantitative estimate of drug-likeness (QED) is 0.518. The molecule has 1 atom stereocenters. The van der Waals surface area contributed by atoms with E-state index in [0.717, 1.165) is 25.4 Å². The zero-order chi connectivity index (χ0) is 16.7. The Morgan fingerprint density at radius 1 is 1.12 bits per heavy atom. The first kappa shape index (κ1) is 17.0. The fourth-order valence-corrected chi connectivity index (χ4v) is 6.44. The lowest BCUT2D eigenvalue weighted by atomic mass is 9.65. The lowest BCUT2D eigenvalue weighted by Gasteiger charge is -2.50. The second kappa shape index (κ2) is 6.68. The third-order valence-electron chi connectivity index (χ3n) is 6.17. The maximum Gasteiger partial charge on any atom is 0.0749 e. The molecule has 0 amide bonds. The van der Waals surface area contributed by atoms with Crippen LogP contribution in [-0.4, -0.2) is 18.1 Å². The van der Waals surface area contributed by atoms with Crippen molar-refractivity contribution in [2.24, 2.45) is 11.3 Å². The van der Waals surface area contributed by atoms with Gasteiger partial charge in [0.2, 0.25) is 0 Å². The van der Waals surface area contributed by atoms with E-state index in [2.05, 4.69) is 73.2 Å². The smallest absolute Gasteiger partial charge is 0.0749 e. The van der Waals surface area contributed by atoms with Gasteiger partial charge in [-0.25, -0.2) is 0 Å². The Morgan fingerprint density at radius 2 is 1.92 bits per heavy atom. The van der Waals surface area contributed by atoms with Gasteiger partial charge in [-0.1, -0.05) is 48.2 Å². The van der Waals surface area contributed by atoms with Crippen LogP contribution in [0.1, 0.15) is 51.0 Å². The van der Waals surface area contributed by atoms with Crippen LogP contribution in [0.3, 0.4) is 0 Å². The van der Waals surface area contributed by atoms with Crippen LogP contribution in [0.4, 0.5) is 5.69 Å². The molecule has 130 valence electrons. The van der Waals surface area contributed by atoms with Gasteiger partial charge in [0.25, 0.3) is 0 Å². The van der Waals surface area contributed by atoms with Crippen LogP contribution in [0, 0.1) is 11.3 Å². The Balaban J connectivity index is 1.74. The molecular formula is C20H26Br2N2. The fourth-order valence-electron chi connectivity index (χ4n) is 4.93. The molecule has 1 aromatic carbocycles. The highest BCUT2D eigenvalue weighted by Crippen LogP contribution is 2.49. The summed E-state index contributed by atoms with van der Waals surface area (Å²) in [5.41, 5.74) is 3.22. The van der Waals surface area contributed by atoms with E-state index in [1.54, 1.807) is 0 Å². The van der Waals surface area contributed by atoms with Crippen molar-refractivity contribution in [3.8, 4) is 0 Å². The molecule has 1 fully saturated rings. The van der Waals surface area contributed by atoms with E-state index in [-0.39, 0.29) is 0 Å². The van der Waals surface area contributed by atoms with Crippen LogP contribution in [-0.2, 0) is 6.42 Å². The minimum Gasteiger partial charge on any atom is -0.293 e. The van der Waals surface area contributed by atoms with Crippen molar-refractivity contribution in [2.75, 3.05) is 18.1 Å². The van der Waals surface area contributed by atoms with E-state index < -0.39 is 0 Å². The third-order valence-corrected chi connectivity index (χ3v) is 7.24. The molecule has 4 heteroatoms. The monoisotopic (exact) mass is 452 g/mol. The van der Waals surface area contributed by atoms with E-state index in [0.29, 0.717) is 5.41 Å². The molecule has 2 heterocycles. The highest BCUT2D eigenvalue weighted by molar-refractivity contribution is 9.11. The van der Waals surface area contributed by atoms with E-state index in [1.165, 1.54) is 58.7 Å². The van der Waals surface area contributed by atoms with Crippen LogP contribution in [0.15, 0.2) is 33.4 Å². The number of fused-ring (bicyclic) bond motifs is 1. The minimum atomic E-state index is 0.365. The molecule has 2 nitrogen and oxygen atoms in total. The molecular weight excluding hydrogens is 428 g/mol. The number of rotatable bonds is 2. The van der Waals surface area contributed by atoms with Crippen molar-refractivity contribution in [3.63, 3.8) is 0 Å². The predicted octanol–water partition coefficient (Wildman–Crippen LogP) is 6.30. The summed E-state index contributed by atoms with van der Waals surface area (Å²) < 4.78 is 2.39. The Hall–Kier alpha value is -0.480. The molecule has 0 N–H and O–H groups in total. The van der Waals surface area contributed by atoms with Gasteiger partial charge in [0, 0.05) is 28.2 Å². The van der Waals surface area contributed by atoms with Crippen LogP contribution in [0.5, 0.6) is 0 Å². The topological polar surface area (TPSA) is 6.48 Å². The summed E-state index contributed by atoms with van der Waals surface area (Å²) >= 11 is 7.53. The number of hydrazine groups is 1. The molecule has 1 aromatic rings. The van der Waals surface area contributed by atoms with Gasteiger partial charge in [-0.05, 0) is 70.6 Å². The summed E-state index contributed by atoms with van der Waals surface area (Å²) in [5.74, 6) is 0.853. The van der Waals surface area contributed by atoms with E-state index >= 15 is 0 Å². The van der Waals surface area contributed by atoms with Gasteiger partial charge in [0.1, 0.15) is 0 Å². The number of hydrogen-bond donors (Lipinski definition) is 0. The SMILES string of the molecule is CC1(C2CCCCC2)Cc2cc(Br)cc(Br)c2N(N2C=CCC2)C1.